The lowest BCUT2D eigenvalue weighted by Gasteiger charge is -2.16. The first-order valence-electron chi connectivity index (χ1n) is 8.47. The second-order valence-electron chi connectivity index (χ2n) is 6.05. The molecule has 1 aromatic rings. The van der Waals surface area contributed by atoms with Crippen LogP contribution in [0.4, 0.5) is 0 Å². The second-order valence-corrected chi connectivity index (χ2v) is 6.05. The number of methoxy groups -OCH3 is 1. The molecule has 0 saturated heterocycles. The van der Waals surface area contributed by atoms with E-state index in [1.807, 2.05) is 12.1 Å². The average Bonchev–Trinajstić information content (AvgIpc) is 2.80. The largest absolute Gasteiger partial charge is 0.497 e. The van der Waals surface area contributed by atoms with Gasteiger partial charge in [-0.25, -0.2) is 0 Å². The van der Waals surface area contributed by atoms with Crippen LogP contribution in [-0.2, 0) is 6.42 Å². The van der Waals surface area contributed by atoms with Crippen LogP contribution < -0.4 is 15.8 Å². The van der Waals surface area contributed by atoms with Crippen LogP contribution in [0.2, 0.25) is 0 Å². The Morgan fingerprint density at radius 2 is 2.00 bits per heavy atom. The van der Waals surface area contributed by atoms with Crippen molar-refractivity contribution in [2.75, 3.05) is 13.7 Å². The first-order valence-corrected chi connectivity index (χ1v) is 8.47. The number of aliphatic imine (C=N–C) groups is 1. The molecule has 0 atom stereocenters. The maximum Gasteiger partial charge on any atom is 0.188 e. The summed E-state index contributed by atoms with van der Waals surface area (Å²) in [5, 5.41) is 3.38. The van der Waals surface area contributed by atoms with Gasteiger partial charge in [0.1, 0.15) is 5.75 Å². The third-order valence-corrected chi connectivity index (χ3v) is 4.25. The Hall–Kier alpha value is -0.980. The van der Waals surface area contributed by atoms with Crippen LogP contribution >= 0.6 is 24.0 Å². The average molecular weight is 431 g/mol. The van der Waals surface area contributed by atoms with Gasteiger partial charge in [0.25, 0.3) is 0 Å². The molecule has 0 unspecified atom stereocenters. The SMILES string of the molecule is COc1cccc(CCCN=C(N)NC2CCCCCC2)c1.I. The molecule has 5 heteroatoms. The second kappa shape index (κ2) is 11.5. The van der Waals surface area contributed by atoms with Crippen molar-refractivity contribution in [2.24, 2.45) is 10.7 Å². The summed E-state index contributed by atoms with van der Waals surface area (Å²) in [6, 6.07) is 8.72. The van der Waals surface area contributed by atoms with Gasteiger partial charge >= 0.3 is 0 Å². The highest BCUT2D eigenvalue weighted by Crippen LogP contribution is 2.17. The molecule has 1 aliphatic rings. The Balaban J connectivity index is 0.00000264. The van der Waals surface area contributed by atoms with Gasteiger partial charge in [-0.1, -0.05) is 37.8 Å². The lowest BCUT2D eigenvalue weighted by molar-refractivity contribution is 0.414. The molecule has 1 aromatic carbocycles. The van der Waals surface area contributed by atoms with Crippen molar-refractivity contribution in [3.05, 3.63) is 29.8 Å². The van der Waals surface area contributed by atoms with Gasteiger partial charge < -0.3 is 15.8 Å². The predicted octanol–water partition coefficient (Wildman–Crippen LogP) is 3.87. The molecule has 1 saturated carbocycles. The Morgan fingerprint density at radius 1 is 1.26 bits per heavy atom. The van der Waals surface area contributed by atoms with Crippen LogP contribution in [0.5, 0.6) is 5.75 Å². The summed E-state index contributed by atoms with van der Waals surface area (Å²) in [5.41, 5.74) is 7.28. The zero-order chi connectivity index (χ0) is 15.6. The molecule has 23 heavy (non-hydrogen) atoms. The Labute approximate surface area is 157 Å². The smallest absolute Gasteiger partial charge is 0.188 e. The first kappa shape index (κ1) is 20.1. The minimum Gasteiger partial charge on any atom is -0.497 e. The van der Waals surface area contributed by atoms with Crippen molar-refractivity contribution in [3.8, 4) is 5.75 Å². The first-order chi connectivity index (χ1) is 10.8. The highest BCUT2D eigenvalue weighted by molar-refractivity contribution is 14.0. The molecule has 3 N–H and O–H groups in total. The number of hydrogen-bond acceptors (Lipinski definition) is 2. The molecule has 0 amide bonds. The van der Waals surface area contributed by atoms with Crippen molar-refractivity contribution in [1.82, 2.24) is 5.32 Å². The van der Waals surface area contributed by atoms with Crippen molar-refractivity contribution >= 4 is 29.9 Å². The van der Waals surface area contributed by atoms with E-state index in [-0.39, 0.29) is 24.0 Å². The van der Waals surface area contributed by atoms with E-state index < -0.39 is 0 Å². The standard InChI is InChI=1S/C18H29N3O.HI/c1-22-17-12-6-8-15(14-17)9-7-13-20-18(19)21-16-10-4-2-3-5-11-16;/h6,8,12,14,16H,2-5,7,9-11,13H2,1H3,(H3,19,20,21);1H. The number of hydrogen-bond donors (Lipinski definition) is 2. The molecule has 1 fully saturated rings. The monoisotopic (exact) mass is 431 g/mol. The summed E-state index contributed by atoms with van der Waals surface area (Å²) < 4.78 is 5.24. The molecule has 130 valence electrons. The Bertz CT molecular complexity index is 471. The van der Waals surface area contributed by atoms with E-state index in [0.717, 1.165) is 25.1 Å². The summed E-state index contributed by atoms with van der Waals surface area (Å²) in [4.78, 5) is 4.46. The molecule has 0 radical (unpaired) electrons. The lowest BCUT2D eigenvalue weighted by Crippen LogP contribution is -2.39. The van der Waals surface area contributed by atoms with Gasteiger partial charge in [-0.05, 0) is 43.4 Å². The summed E-state index contributed by atoms with van der Waals surface area (Å²) in [7, 11) is 1.70. The zero-order valence-electron chi connectivity index (χ0n) is 14.1. The molecule has 4 nitrogen and oxygen atoms in total. The number of guanidine groups is 1. The van der Waals surface area contributed by atoms with Gasteiger partial charge in [-0.15, -0.1) is 24.0 Å². The van der Waals surface area contributed by atoms with Crippen LogP contribution in [0.3, 0.4) is 0 Å². The summed E-state index contributed by atoms with van der Waals surface area (Å²) in [6.45, 7) is 0.767. The van der Waals surface area contributed by atoms with Crippen molar-refractivity contribution in [3.63, 3.8) is 0 Å². The molecule has 0 heterocycles. The van der Waals surface area contributed by atoms with E-state index in [2.05, 4.69) is 22.4 Å². The predicted molar refractivity (Wildman–Crippen MR) is 108 cm³/mol. The molecule has 2 rings (SSSR count). The molecule has 0 aromatic heterocycles. The molecule has 1 aliphatic carbocycles. The van der Waals surface area contributed by atoms with Gasteiger partial charge in [0.05, 0.1) is 7.11 Å². The van der Waals surface area contributed by atoms with E-state index in [0.29, 0.717) is 12.0 Å². The fourth-order valence-electron chi connectivity index (χ4n) is 2.99. The van der Waals surface area contributed by atoms with Crippen LogP contribution in [0, 0.1) is 0 Å². The minimum absolute atomic E-state index is 0. The number of halogens is 1. The number of benzene rings is 1. The normalized spacial score (nSPS) is 16.3. The quantitative estimate of drug-likeness (QED) is 0.236. The van der Waals surface area contributed by atoms with Crippen molar-refractivity contribution in [1.29, 1.82) is 0 Å². The number of nitrogens with zero attached hydrogens (tertiary/aromatic N) is 1. The third kappa shape index (κ3) is 7.90. The molecular weight excluding hydrogens is 401 g/mol. The van der Waals surface area contributed by atoms with Gasteiger partial charge in [0, 0.05) is 12.6 Å². The number of ether oxygens (including phenoxy) is 1. The van der Waals surface area contributed by atoms with Gasteiger partial charge in [0.15, 0.2) is 5.96 Å². The summed E-state index contributed by atoms with van der Waals surface area (Å²) in [6.07, 6.45) is 9.77. The number of nitrogens with one attached hydrogen (secondary N) is 1. The van der Waals surface area contributed by atoms with E-state index in [9.17, 15) is 0 Å². The van der Waals surface area contributed by atoms with Crippen LogP contribution in [0.15, 0.2) is 29.3 Å². The number of nitrogens with two attached hydrogens (primary N) is 1. The third-order valence-electron chi connectivity index (χ3n) is 4.25. The fraction of sp³-hybridized carbons (Fsp3) is 0.611. The van der Waals surface area contributed by atoms with Crippen LogP contribution in [0.1, 0.15) is 50.5 Å². The van der Waals surface area contributed by atoms with Crippen molar-refractivity contribution in [2.45, 2.75) is 57.4 Å². The van der Waals surface area contributed by atoms with Crippen molar-refractivity contribution < 1.29 is 4.74 Å². The molecule has 0 bridgehead atoms. The highest BCUT2D eigenvalue weighted by atomic mass is 127. The van der Waals surface area contributed by atoms with Gasteiger partial charge in [-0.3, -0.25) is 4.99 Å². The van der Waals surface area contributed by atoms with Crippen LogP contribution in [-0.4, -0.2) is 25.7 Å². The number of rotatable bonds is 6. The maximum absolute atomic E-state index is 6.00. The summed E-state index contributed by atoms with van der Waals surface area (Å²) in [5.74, 6) is 1.52. The van der Waals surface area contributed by atoms with Gasteiger partial charge in [-0.2, -0.15) is 0 Å². The Morgan fingerprint density at radius 3 is 2.70 bits per heavy atom. The van der Waals surface area contributed by atoms with E-state index in [1.54, 1.807) is 7.11 Å². The summed E-state index contributed by atoms with van der Waals surface area (Å²) >= 11 is 0. The van der Waals surface area contributed by atoms with E-state index >= 15 is 0 Å². The maximum atomic E-state index is 6.00. The topological polar surface area (TPSA) is 59.6 Å². The molecular formula is C18H30IN3O. The number of aryl methyl sites for hydroxylation is 1. The molecule has 0 spiro atoms. The highest BCUT2D eigenvalue weighted by Gasteiger charge is 2.11. The lowest BCUT2D eigenvalue weighted by atomic mass is 10.1. The molecule has 0 aliphatic heterocycles. The van der Waals surface area contributed by atoms with E-state index in [4.69, 9.17) is 10.5 Å². The Kier molecular flexibility index (Phi) is 10.1. The minimum atomic E-state index is 0. The fourth-order valence-corrected chi connectivity index (χ4v) is 2.99. The zero-order valence-corrected chi connectivity index (χ0v) is 16.4. The van der Waals surface area contributed by atoms with Gasteiger partial charge in [0.2, 0.25) is 0 Å². The van der Waals surface area contributed by atoms with E-state index in [1.165, 1.54) is 44.1 Å². The van der Waals surface area contributed by atoms with Crippen LogP contribution in [0.25, 0.3) is 0 Å².